The van der Waals surface area contributed by atoms with Crippen LogP contribution in [-0.4, -0.2) is 29.8 Å². The predicted octanol–water partition coefficient (Wildman–Crippen LogP) is 0.905. The number of thioether (sulfide) groups is 1. The Labute approximate surface area is 114 Å². The summed E-state index contributed by atoms with van der Waals surface area (Å²) in [5.74, 6) is -1.29. The van der Waals surface area contributed by atoms with Crippen LogP contribution >= 0.6 is 11.8 Å². The Morgan fingerprint density at radius 2 is 1.95 bits per heavy atom. The zero-order valence-corrected chi connectivity index (χ0v) is 11.1. The van der Waals surface area contributed by atoms with E-state index in [9.17, 15) is 14.4 Å². The molecular weight excluding hydrogens is 268 g/mol. The van der Waals surface area contributed by atoms with Gasteiger partial charge in [0.05, 0.1) is 0 Å². The number of hydrogen-bond acceptors (Lipinski definition) is 5. The number of ether oxygens (including phenoxy) is 1. The van der Waals surface area contributed by atoms with Crippen molar-refractivity contribution in [2.75, 3.05) is 6.61 Å². The molecule has 1 atom stereocenters. The lowest BCUT2D eigenvalue weighted by atomic mass is 10.4. The SMILES string of the molecule is C[C@H](Sc1ccccc1)C(=O)OCC(=O)NC(N)=O. The van der Waals surface area contributed by atoms with Crippen molar-refractivity contribution in [2.45, 2.75) is 17.1 Å². The van der Waals surface area contributed by atoms with E-state index in [1.54, 1.807) is 12.2 Å². The molecule has 0 unspecified atom stereocenters. The third-order valence-corrected chi connectivity index (χ3v) is 3.09. The quantitative estimate of drug-likeness (QED) is 0.617. The molecular formula is C12H14N2O4S. The fourth-order valence-electron chi connectivity index (χ4n) is 1.18. The molecule has 0 aliphatic rings. The number of carbonyl (C=O) groups is 3. The first-order valence-electron chi connectivity index (χ1n) is 5.46. The minimum atomic E-state index is -0.979. The van der Waals surface area contributed by atoms with E-state index in [1.807, 2.05) is 30.3 Å². The fourth-order valence-corrected chi connectivity index (χ4v) is 2.07. The van der Waals surface area contributed by atoms with Crippen LogP contribution in [0.4, 0.5) is 4.79 Å². The van der Waals surface area contributed by atoms with Crippen LogP contribution < -0.4 is 11.1 Å². The monoisotopic (exact) mass is 282 g/mol. The molecule has 0 bridgehead atoms. The van der Waals surface area contributed by atoms with Crippen molar-refractivity contribution in [1.82, 2.24) is 5.32 Å². The Hall–Kier alpha value is -2.02. The molecule has 0 aliphatic heterocycles. The lowest BCUT2D eigenvalue weighted by molar-refractivity contribution is -0.147. The molecule has 1 rings (SSSR count). The van der Waals surface area contributed by atoms with Crippen LogP contribution in [-0.2, 0) is 14.3 Å². The van der Waals surface area contributed by atoms with E-state index in [0.29, 0.717) is 0 Å². The molecule has 6 nitrogen and oxygen atoms in total. The first-order valence-corrected chi connectivity index (χ1v) is 6.34. The number of carbonyl (C=O) groups excluding carboxylic acids is 3. The van der Waals surface area contributed by atoms with Gasteiger partial charge in [-0.05, 0) is 19.1 Å². The third-order valence-electron chi connectivity index (χ3n) is 2.00. The Morgan fingerprint density at radius 3 is 2.53 bits per heavy atom. The van der Waals surface area contributed by atoms with Crippen molar-refractivity contribution in [1.29, 1.82) is 0 Å². The summed E-state index contributed by atoms with van der Waals surface area (Å²) in [7, 11) is 0. The van der Waals surface area contributed by atoms with Gasteiger partial charge in [-0.15, -0.1) is 11.8 Å². The highest BCUT2D eigenvalue weighted by Crippen LogP contribution is 2.23. The number of imide groups is 1. The molecule has 0 aliphatic carbocycles. The highest BCUT2D eigenvalue weighted by molar-refractivity contribution is 8.00. The van der Waals surface area contributed by atoms with E-state index in [1.165, 1.54) is 11.8 Å². The van der Waals surface area contributed by atoms with E-state index in [2.05, 4.69) is 0 Å². The molecule has 0 heterocycles. The van der Waals surface area contributed by atoms with Crippen LogP contribution in [0, 0.1) is 0 Å². The van der Waals surface area contributed by atoms with Crippen molar-refractivity contribution in [3.05, 3.63) is 30.3 Å². The number of urea groups is 1. The number of rotatable bonds is 5. The predicted molar refractivity (Wildman–Crippen MR) is 70.4 cm³/mol. The van der Waals surface area contributed by atoms with Crippen molar-refractivity contribution in [3.63, 3.8) is 0 Å². The number of nitrogens with one attached hydrogen (secondary N) is 1. The number of primary amides is 1. The Bertz CT molecular complexity index is 464. The van der Waals surface area contributed by atoms with Crippen LogP contribution in [0.5, 0.6) is 0 Å². The van der Waals surface area contributed by atoms with Gasteiger partial charge in [-0.25, -0.2) is 4.79 Å². The Balaban J connectivity index is 2.37. The molecule has 0 saturated carbocycles. The zero-order chi connectivity index (χ0) is 14.3. The second-order valence-electron chi connectivity index (χ2n) is 3.59. The molecule has 0 aromatic heterocycles. The van der Waals surface area contributed by atoms with Gasteiger partial charge in [0.1, 0.15) is 5.25 Å². The lowest BCUT2D eigenvalue weighted by Gasteiger charge is -2.10. The Morgan fingerprint density at radius 1 is 1.32 bits per heavy atom. The van der Waals surface area contributed by atoms with E-state index in [4.69, 9.17) is 10.5 Å². The highest BCUT2D eigenvalue weighted by Gasteiger charge is 2.17. The van der Waals surface area contributed by atoms with E-state index in [0.717, 1.165) is 4.90 Å². The summed E-state index contributed by atoms with van der Waals surface area (Å²) in [5, 5.41) is 1.35. The third kappa shape index (κ3) is 5.91. The number of benzene rings is 1. The maximum atomic E-state index is 11.6. The molecule has 19 heavy (non-hydrogen) atoms. The number of amides is 3. The summed E-state index contributed by atoms with van der Waals surface area (Å²) in [4.78, 5) is 33.9. The minimum absolute atomic E-state index is 0.455. The van der Waals surface area contributed by atoms with Gasteiger partial charge < -0.3 is 10.5 Å². The van der Waals surface area contributed by atoms with Crippen LogP contribution in [0.1, 0.15) is 6.92 Å². The maximum absolute atomic E-state index is 11.6. The first-order chi connectivity index (χ1) is 8.99. The summed E-state index contributed by atoms with van der Waals surface area (Å²) in [5.41, 5.74) is 4.75. The van der Waals surface area contributed by atoms with Gasteiger partial charge in [0.15, 0.2) is 6.61 Å². The molecule has 0 spiro atoms. The topological polar surface area (TPSA) is 98.5 Å². The number of hydrogen-bond donors (Lipinski definition) is 2. The average molecular weight is 282 g/mol. The maximum Gasteiger partial charge on any atom is 0.319 e. The summed E-state index contributed by atoms with van der Waals surface area (Å²) >= 11 is 1.32. The van der Waals surface area contributed by atoms with Gasteiger partial charge in [-0.1, -0.05) is 18.2 Å². The standard InChI is InChI=1S/C12H14N2O4S/c1-8(19-9-5-3-2-4-6-9)11(16)18-7-10(15)14-12(13)17/h2-6,8H,7H2,1H3,(H3,13,14,15,17)/t8-/m0/s1. The molecule has 3 amide bonds. The lowest BCUT2D eigenvalue weighted by Crippen LogP contribution is -2.38. The van der Waals surface area contributed by atoms with Gasteiger partial charge in [-0.2, -0.15) is 0 Å². The molecule has 7 heteroatoms. The van der Waals surface area contributed by atoms with Crippen molar-refractivity contribution >= 4 is 29.7 Å². The average Bonchev–Trinajstić information content (AvgIpc) is 2.36. The fraction of sp³-hybridized carbons (Fsp3) is 0.250. The van der Waals surface area contributed by atoms with Crippen LogP contribution in [0.2, 0.25) is 0 Å². The second-order valence-corrected chi connectivity index (χ2v) is 5.01. The minimum Gasteiger partial charge on any atom is -0.455 e. The number of nitrogens with two attached hydrogens (primary N) is 1. The van der Waals surface area contributed by atoms with Crippen molar-refractivity contribution in [3.8, 4) is 0 Å². The molecule has 0 radical (unpaired) electrons. The molecule has 0 saturated heterocycles. The van der Waals surface area contributed by atoms with Crippen molar-refractivity contribution < 1.29 is 19.1 Å². The second kappa shape index (κ2) is 7.42. The molecule has 0 fully saturated rings. The Kier molecular flexibility index (Phi) is 5.87. The van der Waals surface area contributed by atoms with Crippen LogP contribution in [0.25, 0.3) is 0 Å². The highest BCUT2D eigenvalue weighted by atomic mass is 32.2. The molecule has 1 aromatic carbocycles. The summed E-state index contributed by atoms with van der Waals surface area (Å²) in [6.07, 6.45) is 0. The van der Waals surface area contributed by atoms with Crippen molar-refractivity contribution in [2.24, 2.45) is 5.73 Å². The number of esters is 1. The van der Waals surface area contributed by atoms with Gasteiger partial charge in [0.25, 0.3) is 5.91 Å². The molecule has 102 valence electrons. The molecule has 1 aromatic rings. The van der Waals surface area contributed by atoms with Gasteiger partial charge >= 0.3 is 12.0 Å². The van der Waals surface area contributed by atoms with Gasteiger partial charge in [0, 0.05) is 4.90 Å². The van der Waals surface area contributed by atoms with Crippen LogP contribution in [0.3, 0.4) is 0 Å². The normalized spacial score (nSPS) is 11.4. The van der Waals surface area contributed by atoms with Gasteiger partial charge in [0.2, 0.25) is 0 Å². The summed E-state index contributed by atoms with van der Waals surface area (Å²) < 4.78 is 4.76. The van der Waals surface area contributed by atoms with E-state index < -0.39 is 29.8 Å². The smallest absolute Gasteiger partial charge is 0.319 e. The van der Waals surface area contributed by atoms with E-state index >= 15 is 0 Å². The van der Waals surface area contributed by atoms with E-state index in [-0.39, 0.29) is 0 Å². The van der Waals surface area contributed by atoms with Gasteiger partial charge in [-0.3, -0.25) is 14.9 Å². The first kappa shape index (κ1) is 15.0. The summed E-state index contributed by atoms with van der Waals surface area (Å²) in [6.45, 7) is 1.15. The van der Waals surface area contributed by atoms with Crippen LogP contribution in [0.15, 0.2) is 35.2 Å². The largest absolute Gasteiger partial charge is 0.455 e. The summed E-state index contributed by atoms with van der Waals surface area (Å²) in [6, 6.07) is 8.36. The zero-order valence-electron chi connectivity index (χ0n) is 10.3. The molecule has 3 N–H and O–H groups in total.